The van der Waals surface area contributed by atoms with E-state index in [-0.39, 0.29) is 12.3 Å². The molecule has 7 nitrogen and oxygen atoms in total. The summed E-state index contributed by atoms with van der Waals surface area (Å²) in [4.78, 5) is 12.5. The summed E-state index contributed by atoms with van der Waals surface area (Å²) in [5.74, 6) is 2.36. The Morgan fingerprint density at radius 3 is 3.10 bits per heavy atom. The van der Waals surface area contributed by atoms with Crippen LogP contribution < -0.4 is 11.5 Å². The summed E-state index contributed by atoms with van der Waals surface area (Å²) >= 11 is 1.84. The third-order valence-corrected chi connectivity index (χ3v) is 4.48. The summed E-state index contributed by atoms with van der Waals surface area (Å²) in [5.41, 5.74) is 12.7. The Hall–Kier alpha value is -1.38. The number of imidazole rings is 1. The maximum absolute atomic E-state index is 6.06. The van der Waals surface area contributed by atoms with Crippen LogP contribution in [0.1, 0.15) is 19.1 Å². The van der Waals surface area contributed by atoms with Gasteiger partial charge in [0.05, 0.1) is 12.4 Å². The lowest BCUT2D eigenvalue weighted by Crippen LogP contribution is -2.14. The number of ether oxygens (including phenoxy) is 1. The van der Waals surface area contributed by atoms with Crippen molar-refractivity contribution in [2.75, 3.05) is 23.8 Å². The topological polar surface area (TPSA) is 105 Å². The quantitative estimate of drug-likeness (QED) is 0.785. The number of nitrogens with two attached hydrogens (primary N) is 2. The number of hydrogen-bond donors (Lipinski definition) is 2. The monoisotopic (exact) mass is 294 g/mol. The fraction of sp³-hybridized carbons (Fsp3) is 0.583. The van der Waals surface area contributed by atoms with Gasteiger partial charge in [-0.15, -0.1) is 0 Å². The largest absolute Gasteiger partial charge is 0.382 e. The second kappa shape index (κ2) is 5.94. The van der Waals surface area contributed by atoms with Crippen LogP contribution in [-0.4, -0.2) is 43.7 Å². The zero-order valence-electron chi connectivity index (χ0n) is 11.1. The van der Waals surface area contributed by atoms with Crippen molar-refractivity contribution in [3.63, 3.8) is 0 Å². The molecule has 0 bridgehead atoms. The van der Waals surface area contributed by atoms with Gasteiger partial charge < -0.3 is 16.2 Å². The van der Waals surface area contributed by atoms with Crippen LogP contribution in [0.4, 0.5) is 5.82 Å². The first-order chi connectivity index (χ1) is 9.79. The highest BCUT2D eigenvalue weighted by Crippen LogP contribution is 2.32. The molecule has 0 amide bonds. The van der Waals surface area contributed by atoms with E-state index in [1.165, 1.54) is 6.33 Å². The van der Waals surface area contributed by atoms with Crippen molar-refractivity contribution in [3.05, 3.63) is 12.7 Å². The molecule has 3 heterocycles. The lowest BCUT2D eigenvalue weighted by Gasteiger charge is -2.14. The molecule has 2 aromatic heterocycles. The SMILES string of the molecule is NCCSCC1CCC(n2cnc3c(N)ncnc32)O1. The third kappa shape index (κ3) is 2.58. The van der Waals surface area contributed by atoms with Crippen molar-refractivity contribution in [1.82, 2.24) is 19.5 Å². The molecule has 2 aromatic rings. The van der Waals surface area contributed by atoms with E-state index in [0.717, 1.165) is 30.0 Å². The van der Waals surface area contributed by atoms with E-state index in [0.29, 0.717) is 17.9 Å². The van der Waals surface area contributed by atoms with E-state index in [2.05, 4.69) is 15.0 Å². The first kappa shape index (κ1) is 13.6. The lowest BCUT2D eigenvalue weighted by molar-refractivity contribution is 0.0153. The van der Waals surface area contributed by atoms with Crippen molar-refractivity contribution >= 4 is 28.7 Å². The lowest BCUT2D eigenvalue weighted by atomic mass is 10.2. The fourth-order valence-electron chi connectivity index (χ4n) is 2.39. The molecule has 0 saturated carbocycles. The van der Waals surface area contributed by atoms with Gasteiger partial charge >= 0.3 is 0 Å². The summed E-state index contributed by atoms with van der Waals surface area (Å²) in [6, 6.07) is 0. The van der Waals surface area contributed by atoms with Crippen LogP contribution in [0.5, 0.6) is 0 Å². The van der Waals surface area contributed by atoms with Crippen LogP contribution in [-0.2, 0) is 4.74 Å². The van der Waals surface area contributed by atoms with E-state index >= 15 is 0 Å². The highest BCUT2D eigenvalue weighted by Gasteiger charge is 2.28. The number of rotatable bonds is 5. The first-order valence-electron chi connectivity index (χ1n) is 6.66. The van der Waals surface area contributed by atoms with E-state index in [1.807, 2.05) is 16.3 Å². The van der Waals surface area contributed by atoms with Gasteiger partial charge in [-0.1, -0.05) is 0 Å². The molecule has 0 spiro atoms. The van der Waals surface area contributed by atoms with Crippen LogP contribution in [0.25, 0.3) is 11.2 Å². The first-order valence-corrected chi connectivity index (χ1v) is 7.81. The number of nitrogen functional groups attached to an aromatic ring is 1. The van der Waals surface area contributed by atoms with Crippen molar-refractivity contribution in [2.24, 2.45) is 5.73 Å². The van der Waals surface area contributed by atoms with E-state index in [4.69, 9.17) is 16.2 Å². The minimum Gasteiger partial charge on any atom is -0.382 e. The second-order valence-electron chi connectivity index (χ2n) is 4.74. The summed E-state index contributed by atoms with van der Waals surface area (Å²) in [6.07, 6.45) is 5.45. The molecule has 1 aliphatic heterocycles. The Morgan fingerprint density at radius 2 is 2.25 bits per heavy atom. The molecule has 2 unspecified atom stereocenters. The molecule has 4 N–H and O–H groups in total. The van der Waals surface area contributed by atoms with Gasteiger partial charge in [-0.2, -0.15) is 11.8 Å². The van der Waals surface area contributed by atoms with Crippen LogP contribution in [0, 0.1) is 0 Å². The van der Waals surface area contributed by atoms with Crippen LogP contribution >= 0.6 is 11.8 Å². The fourth-order valence-corrected chi connectivity index (χ4v) is 3.23. The Balaban J connectivity index is 1.72. The Morgan fingerprint density at radius 1 is 1.35 bits per heavy atom. The van der Waals surface area contributed by atoms with Gasteiger partial charge in [0.15, 0.2) is 11.5 Å². The van der Waals surface area contributed by atoms with Gasteiger partial charge in [-0.25, -0.2) is 15.0 Å². The van der Waals surface area contributed by atoms with Crippen molar-refractivity contribution < 1.29 is 4.74 Å². The molecule has 0 radical (unpaired) electrons. The van der Waals surface area contributed by atoms with Crippen molar-refractivity contribution in [1.29, 1.82) is 0 Å². The van der Waals surface area contributed by atoms with Gasteiger partial charge in [-0.3, -0.25) is 4.57 Å². The normalized spacial score (nSPS) is 22.6. The molecule has 1 aliphatic rings. The van der Waals surface area contributed by atoms with Crippen LogP contribution in [0.15, 0.2) is 12.7 Å². The Bertz CT molecular complexity index is 588. The van der Waals surface area contributed by atoms with Crippen LogP contribution in [0.3, 0.4) is 0 Å². The number of anilines is 1. The molecule has 1 saturated heterocycles. The second-order valence-corrected chi connectivity index (χ2v) is 5.89. The smallest absolute Gasteiger partial charge is 0.167 e. The minimum atomic E-state index is -0.0159. The maximum Gasteiger partial charge on any atom is 0.167 e. The highest BCUT2D eigenvalue weighted by molar-refractivity contribution is 7.99. The summed E-state index contributed by atoms with van der Waals surface area (Å²) in [5, 5.41) is 0. The summed E-state index contributed by atoms with van der Waals surface area (Å²) < 4.78 is 8.01. The van der Waals surface area contributed by atoms with Gasteiger partial charge in [0.1, 0.15) is 18.1 Å². The van der Waals surface area contributed by atoms with Crippen molar-refractivity contribution in [2.45, 2.75) is 25.2 Å². The maximum atomic E-state index is 6.06. The van der Waals surface area contributed by atoms with Gasteiger partial charge in [0, 0.05) is 18.1 Å². The third-order valence-electron chi connectivity index (χ3n) is 3.35. The zero-order valence-corrected chi connectivity index (χ0v) is 11.9. The standard InChI is InChI=1S/C12H18N6OS/c13-3-4-20-5-8-1-2-9(19-8)18-7-17-10-11(14)15-6-16-12(10)18/h6-9H,1-5,13H2,(H2,14,15,16). The number of hydrogen-bond acceptors (Lipinski definition) is 7. The van der Waals surface area contributed by atoms with Crippen LogP contribution in [0.2, 0.25) is 0 Å². The average Bonchev–Trinajstić information content (AvgIpc) is 3.06. The molecule has 0 aliphatic carbocycles. The number of nitrogens with zero attached hydrogens (tertiary/aromatic N) is 4. The van der Waals surface area contributed by atoms with Crippen molar-refractivity contribution in [3.8, 4) is 0 Å². The minimum absolute atomic E-state index is 0.0159. The van der Waals surface area contributed by atoms with Gasteiger partial charge in [0.25, 0.3) is 0 Å². The molecule has 3 rings (SSSR count). The number of fused-ring (bicyclic) bond motifs is 1. The molecule has 8 heteroatoms. The highest BCUT2D eigenvalue weighted by atomic mass is 32.2. The molecule has 0 aromatic carbocycles. The van der Waals surface area contributed by atoms with E-state index < -0.39 is 0 Å². The predicted octanol–water partition coefficient (Wildman–Crippen LogP) is 0.778. The van der Waals surface area contributed by atoms with E-state index in [1.54, 1.807) is 6.33 Å². The Labute approximate surface area is 121 Å². The summed E-state index contributed by atoms with van der Waals surface area (Å²) in [6.45, 7) is 0.711. The number of thioether (sulfide) groups is 1. The summed E-state index contributed by atoms with van der Waals surface area (Å²) in [7, 11) is 0. The molecule has 1 fully saturated rings. The average molecular weight is 294 g/mol. The molecule has 20 heavy (non-hydrogen) atoms. The predicted molar refractivity (Wildman–Crippen MR) is 79.3 cm³/mol. The molecular weight excluding hydrogens is 276 g/mol. The zero-order chi connectivity index (χ0) is 13.9. The molecule has 108 valence electrons. The molecule has 2 atom stereocenters. The number of aromatic nitrogens is 4. The molecular formula is C12H18N6OS. The van der Waals surface area contributed by atoms with E-state index in [9.17, 15) is 0 Å². The van der Waals surface area contributed by atoms with Gasteiger partial charge in [-0.05, 0) is 12.8 Å². The Kier molecular flexibility index (Phi) is 4.04. The van der Waals surface area contributed by atoms with Gasteiger partial charge in [0.2, 0.25) is 0 Å².